The topological polar surface area (TPSA) is 502 Å². The Hall–Kier alpha value is -6.35. The zero-order valence-corrected chi connectivity index (χ0v) is 44.9. The van der Waals surface area contributed by atoms with Gasteiger partial charge in [0.15, 0.2) is 5.96 Å². The molecule has 21 N–H and O–H groups in total. The Morgan fingerprint density at radius 1 is 0.493 bits per heavy atom. The van der Waals surface area contributed by atoms with Gasteiger partial charge in [0.1, 0.15) is 60.7 Å². The number of aliphatic hydroxyl groups excluding tert-OH is 3. The van der Waals surface area contributed by atoms with E-state index in [9.17, 15) is 72.9 Å². The minimum atomic E-state index is -1.79. The van der Waals surface area contributed by atoms with Crippen molar-refractivity contribution in [2.45, 2.75) is 166 Å². The fourth-order valence-corrected chi connectivity index (χ4v) is 6.80. The highest BCUT2D eigenvalue weighted by molar-refractivity contribution is 7.80. The van der Waals surface area contributed by atoms with Crippen molar-refractivity contribution in [3.05, 3.63) is 0 Å². The lowest BCUT2D eigenvalue weighted by molar-refractivity contribution is -0.137. The Balaban J connectivity index is 5.84. The smallest absolute Gasteiger partial charge is 0.245 e. The fourth-order valence-electron chi connectivity index (χ4n) is 6.38. The molecule has 0 heterocycles. The third-order valence-corrected chi connectivity index (χ3v) is 11.4. The molecule has 0 aromatic carbocycles. The molecular formula is C43H77N15O15S2. The van der Waals surface area contributed by atoms with Gasteiger partial charge in [0.2, 0.25) is 65.0 Å². The van der Waals surface area contributed by atoms with Crippen molar-refractivity contribution >= 4 is 102 Å². The summed E-state index contributed by atoms with van der Waals surface area (Å²) in [6, 6.07) is -16.1. The Labute approximate surface area is 444 Å². The van der Waals surface area contributed by atoms with E-state index in [4.69, 9.17) is 22.9 Å². The molecule has 14 atom stereocenters. The largest absolute Gasteiger partial charge is 0.391 e. The summed E-state index contributed by atoms with van der Waals surface area (Å²) < 4.78 is 0. The van der Waals surface area contributed by atoms with E-state index < -0.39 is 162 Å². The van der Waals surface area contributed by atoms with Crippen LogP contribution < -0.4 is 76.1 Å². The quantitative estimate of drug-likeness (QED) is 0.00935. The number of guanidine groups is 1. The van der Waals surface area contributed by atoms with Gasteiger partial charge in [0.25, 0.3) is 0 Å². The van der Waals surface area contributed by atoms with Crippen molar-refractivity contribution in [3.63, 3.8) is 0 Å². The first-order valence-electron chi connectivity index (χ1n) is 23.7. The molecule has 0 aliphatic heterocycles. The molecule has 426 valence electrons. The lowest BCUT2D eigenvalue weighted by Crippen LogP contribution is -2.63. The molecule has 30 nitrogen and oxygen atoms in total. The lowest BCUT2D eigenvalue weighted by Gasteiger charge is -2.28. The number of rotatable bonds is 34. The van der Waals surface area contributed by atoms with Crippen LogP contribution in [0, 0.1) is 5.92 Å². The average Bonchev–Trinajstić information content (AvgIpc) is 3.31. The molecule has 0 spiro atoms. The number of hydrogen-bond donors (Lipinski definition) is 19. The number of nitrogens with two attached hydrogens (primary N) is 4. The van der Waals surface area contributed by atoms with Crippen LogP contribution in [0.25, 0.3) is 0 Å². The monoisotopic (exact) mass is 1110 g/mol. The van der Waals surface area contributed by atoms with Crippen molar-refractivity contribution < 1.29 is 72.9 Å². The van der Waals surface area contributed by atoms with Crippen LogP contribution in [-0.2, 0) is 57.5 Å². The maximum atomic E-state index is 13.4. The molecule has 0 aliphatic carbocycles. The first kappa shape index (κ1) is 68.6. The summed E-state index contributed by atoms with van der Waals surface area (Å²) in [7, 11) is 0. The third kappa shape index (κ3) is 25.6. The lowest BCUT2D eigenvalue weighted by atomic mass is 10.0. The number of aldehydes is 1. The standard InChI is InChI=1S/C43H77N15O15S2/c1-17(2)12-24(14-59)52-37(68)26(10-9-11-48-43(46)47)53-33(64)18(3)50-40(71)30(21(6)60)56-34(65)19(4)49-39(70)28(16-75)55-42(73)32(23(8)62)57-35(66)20(5)51-41(72)31(22(7)61)58-38(69)27(13-29(45)63)54-36(67)25(44)15-74/h14,17-28,30-32,60-62,74-75H,9-13,15-16,44H2,1-8H3,(H2,45,63)(H,49,70)(H,50,71)(H,51,72)(H,52,68)(H,53,64)(H,54,67)(H,55,73)(H,56,65)(H,57,66)(H,58,69)(H4,46,47,48)/t18-,19-,20-,21+,22+,23+,24-,25-,26-,27-,28-,30-,31-,32-/m0/s1. The highest BCUT2D eigenvalue weighted by atomic mass is 32.1. The third-order valence-electron chi connectivity index (χ3n) is 10.6. The van der Waals surface area contributed by atoms with E-state index in [2.05, 4.69) is 83.4 Å². The molecule has 0 saturated heterocycles. The van der Waals surface area contributed by atoms with Gasteiger partial charge in [-0.1, -0.05) is 13.8 Å². The zero-order valence-electron chi connectivity index (χ0n) is 43.1. The van der Waals surface area contributed by atoms with Crippen LogP contribution in [0.3, 0.4) is 0 Å². The number of carbonyl (C=O) groups is 12. The Morgan fingerprint density at radius 2 is 0.867 bits per heavy atom. The van der Waals surface area contributed by atoms with Crippen LogP contribution in [0.5, 0.6) is 0 Å². The fraction of sp³-hybridized carbons (Fsp3) is 0.698. The predicted octanol–water partition coefficient (Wildman–Crippen LogP) is -8.60. The molecule has 32 heteroatoms. The highest BCUT2D eigenvalue weighted by Crippen LogP contribution is 2.07. The van der Waals surface area contributed by atoms with Gasteiger partial charge >= 0.3 is 0 Å². The first-order valence-corrected chi connectivity index (χ1v) is 24.9. The van der Waals surface area contributed by atoms with Gasteiger partial charge in [-0.2, -0.15) is 25.3 Å². The second kappa shape index (κ2) is 34.3. The number of hydrogen-bond acceptors (Lipinski definition) is 19. The molecule has 0 rings (SSSR count). The van der Waals surface area contributed by atoms with E-state index in [1.807, 2.05) is 13.8 Å². The second-order valence-corrected chi connectivity index (χ2v) is 18.8. The molecule has 0 saturated carbocycles. The Morgan fingerprint density at radius 3 is 1.25 bits per heavy atom. The molecule has 11 amide bonds. The van der Waals surface area contributed by atoms with Gasteiger partial charge in [0.05, 0.1) is 36.8 Å². The van der Waals surface area contributed by atoms with E-state index in [0.717, 1.165) is 27.7 Å². The van der Waals surface area contributed by atoms with Gasteiger partial charge in [0, 0.05) is 18.1 Å². The summed E-state index contributed by atoms with van der Waals surface area (Å²) in [5.74, 6) is -11.7. The number of nitrogens with one attached hydrogen (secondary N) is 10. The summed E-state index contributed by atoms with van der Waals surface area (Å²) in [5.41, 5.74) is 21.5. The summed E-state index contributed by atoms with van der Waals surface area (Å²) in [6.07, 6.45) is -4.43. The van der Waals surface area contributed by atoms with Crippen LogP contribution >= 0.6 is 25.3 Å². The molecule has 0 unspecified atom stereocenters. The molecule has 0 bridgehead atoms. The van der Waals surface area contributed by atoms with E-state index in [1.165, 1.54) is 13.8 Å². The zero-order chi connectivity index (χ0) is 58.0. The summed E-state index contributed by atoms with van der Waals surface area (Å²) in [5, 5.41) is 54.3. The van der Waals surface area contributed by atoms with Crippen LogP contribution in [0.15, 0.2) is 4.99 Å². The van der Waals surface area contributed by atoms with Crippen molar-refractivity contribution in [3.8, 4) is 0 Å². The number of thiol groups is 2. The maximum absolute atomic E-state index is 13.4. The number of carbonyl (C=O) groups excluding carboxylic acids is 12. The van der Waals surface area contributed by atoms with Crippen molar-refractivity contribution in [2.75, 3.05) is 18.1 Å². The molecule has 0 aliphatic rings. The van der Waals surface area contributed by atoms with Crippen LogP contribution in [0.4, 0.5) is 0 Å². The second-order valence-electron chi connectivity index (χ2n) is 18.0. The Kier molecular flexibility index (Phi) is 31.4. The van der Waals surface area contributed by atoms with Gasteiger partial charge in [-0.05, 0) is 66.7 Å². The van der Waals surface area contributed by atoms with Crippen LogP contribution in [-0.4, -0.2) is 195 Å². The normalized spacial score (nSPS) is 16.7. The van der Waals surface area contributed by atoms with Gasteiger partial charge in [-0.3, -0.25) is 57.7 Å². The maximum Gasteiger partial charge on any atom is 0.245 e. The van der Waals surface area contributed by atoms with Gasteiger partial charge < -0.3 is 96.2 Å². The molecule has 0 fully saturated rings. The Bertz CT molecular complexity index is 2030. The van der Waals surface area contributed by atoms with Crippen molar-refractivity contribution in [2.24, 2.45) is 33.8 Å². The SMILES string of the molecule is CC(C)C[C@@H](C=O)NC(=O)[C@H](CCCN=C(N)N)NC(=O)[C@H](C)NC(=O)[C@@H](NC(=O)[C@H](C)NC(=O)[C@H](CS)NC(=O)[C@@H](NC(=O)[C@H](C)NC(=O)[C@@H](NC(=O)[C@H](CC(N)=O)NC(=O)[C@@H](N)CS)[C@@H](C)O)[C@@H](C)O)[C@@H](C)O. The van der Waals surface area contributed by atoms with Crippen LogP contribution in [0.1, 0.15) is 81.1 Å². The summed E-state index contributed by atoms with van der Waals surface area (Å²) in [4.78, 5) is 159. The highest BCUT2D eigenvalue weighted by Gasteiger charge is 2.36. The number of primary amides is 1. The summed E-state index contributed by atoms with van der Waals surface area (Å²) in [6.45, 7) is 10.7. The first-order chi connectivity index (χ1) is 34.8. The van der Waals surface area contributed by atoms with E-state index in [-0.39, 0.29) is 37.0 Å². The van der Waals surface area contributed by atoms with Crippen molar-refractivity contribution in [1.29, 1.82) is 0 Å². The van der Waals surface area contributed by atoms with Gasteiger partial charge in [-0.25, -0.2) is 0 Å². The molecule has 0 aromatic rings. The molecule has 0 radical (unpaired) electrons. The number of amides is 11. The molecular weight excluding hydrogens is 1030 g/mol. The molecule has 75 heavy (non-hydrogen) atoms. The van der Waals surface area contributed by atoms with E-state index >= 15 is 0 Å². The number of aliphatic imine (C=N–C) groups is 1. The van der Waals surface area contributed by atoms with Gasteiger partial charge in [-0.15, -0.1) is 0 Å². The van der Waals surface area contributed by atoms with Crippen LogP contribution in [0.2, 0.25) is 0 Å². The van der Waals surface area contributed by atoms with E-state index in [0.29, 0.717) is 12.7 Å². The summed E-state index contributed by atoms with van der Waals surface area (Å²) >= 11 is 7.98. The minimum Gasteiger partial charge on any atom is -0.391 e. The van der Waals surface area contributed by atoms with E-state index in [1.54, 1.807) is 0 Å². The number of nitrogens with zero attached hydrogens (tertiary/aromatic N) is 1. The average molecular weight is 1110 g/mol. The predicted molar refractivity (Wildman–Crippen MR) is 276 cm³/mol. The minimum absolute atomic E-state index is 0.0238. The van der Waals surface area contributed by atoms with Crippen molar-refractivity contribution in [1.82, 2.24) is 53.2 Å². The number of aliphatic hydroxyl groups is 3. The molecule has 0 aromatic heterocycles.